The number of carbonyl (C=O) groups excluding carboxylic acids is 2. The van der Waals surface area contributed by atoms with Gasteiger partial charge in [0.2, 0.25) is 0 Å². The molecule has 7 nitrogen and oxygen atoms in total. The molecule has 4 heterocycles. The number of aryl methyl sites for hydroxylation is 1. The normalized spacial score (nSPS) is 19.2. The number of pyridine rings is 1. The summed E-state index contributed by atoms with van der Waals surface area (Å²) in [6.07, 6.45) is 3.45. The molecule has 160 valence electrons. The maximum absolute atomic E-state index is 13.5. The quantitative estimate of drug-likeness (QED) is 0.708. The lowest BCUT2D eigenvalue weighted by Gasteiger charge is -2.27. The van der Waals surface area contributed by atoms with E-state index in [-0.39, 0.29) is 17.9 Å². The Hall–Kier alpha value is -3.19. The van der Waals surface area contributed by atoms with Gasteiger partial charge in [0.05, 0.1) is 36.1 Å². The molecule has 2 fully saturated rings. The molecule has 0 radical (unpaired) electrons. The van der Waals surface area contributed by atoms with Crippen molar-refractivity contribution in [1.29, 1.82) is 0 Å². The minimum absolute atomic E-state index is 0.0175. The molecule has 5 rings (SSSR count). The van der Waals surface area contributed by atoms with Crippen LogP contribution >= 0.6 is 0 Å². The van der Waals surface area contributed by atoms with E-state index in [0.29, 0.717) is 38.4 Å². The van der Waals surface area contributed by atoms with E-state index in [1.165, 1.54) is 0 Å². The Bertz CT molecular complexity index is 1120. The second kappa shape index (κ2) is 8.15. The Morgan fingerprint density at radius 3 is 2.65 bits per heavy atom. The fourth-order valence-electron chi connectivity index (χ4n) is 4.69. The lowest BCUT2D eigenvalue weighted by atomic mass is 10.1. The van der Waals surface area contributed by atoms with Crippen molar-refractivity contribution in [3.63, 3.8) is 0 Å². The van der Waals surface area contributed by atoms with Crippen LogP contribution in [0.4, 0.5) is 0 Å². The molecular weight excluding hydrogens is 392 g/mol. The van der Waals surface area contributed by atoms with Gasteiger partial charge in [0.25, 0.3) is 11.8 Å². The third-order valence-electron chi connectivity index (χ3n) is 6.29. The highest BCUT2D eigenvalue weighted by Crippen LogP contribution is 2.34. The van der Waals surface area contributed by atoms with Crippen LogP contribution in [0.3, 0.4) is 0 Å². The number of hydrogen-bond acceptors (Lipinski definition) is 4. The number of amides is 2. The van der Waals surface area contributed by atoms with Crippen molar-refractivity contribution in [1.82, 2.24) is 19.8 Å². The minimum Gasteiger partial charge on any atom is -0.378 e. The molecule has 31 heavy (non-hydrogen) atoms. The van der Waals surface area contributed by atoms with Crippen LogP contribution in [0, 0.1) is 6.92 Å². The van der Waals surface area contributed by atoms with E-state index in [1.54, 1.807) is 11.1 Å². The Morgan fingerprint density at radius 1 is 1.06 bits per heavy atom. The lowest BCUT2D eigenvalue weighted by Crippen LogP contribution is -2.40. The van der Waals surface area contributed by atoms with Crippen LogP contribution in [0.2, 0.25) is 0 Å². The first-order valence-electron chi connectivity index (χ1n) is 10.8. The number of nitrogens with zero attached hydrogens (tertiary/aromatic N) is 3. The molecule has 0 bridgehead atoms. The number of rotatable bonds is 3. The Labute approximate surface area is 181 Å². The van der Waals surface area contributed by atoms with E-state index in [1.807, 2.05) is 48.2 Å². The maximum Gasteiger partial charge on any atom is 0.256 e. The summed E-state index contributed by atoms with van der Waals surface area (Å²) in [5, 5.41) is 0.954. The van der Waals surface area contributed by atoms with Crippen LogP contribution in [0.5, 0.6) is 0 Å². The first kappa shape index (κ1) is 19.8. The summed E-state index contributed by atoms with van der Waals surface area (Å²) in [6, 6.07) is 11.6. The molecule has 2 saturated heterocycles. The molecule has 1 aromatic carbocycles. The SMILES string of the molecule is Cc1[nH]c2ccccc2c1C(=O)N1CCCC1c1ccc(C(=O)N2CCOCC2)cn1. The summed E-state index contributed by atoms with van der Waals surface area (Å²) < 4.78 is 5.32. The smallest absolute Gasteiger partial charge is 0.256 e. The number of fused-ring (bicyclic) bond motifs is 1. The zero-order valence-electron chi connectivity index (χ0n) is 17.6. The number of likely N-dealkylation sites (tertiary alicyclic amines) is 1. The second-order valence-corrected chi connectivity index (χ2v) is 8.20. The molecule has 1 atom stereocenters. The average molecular weight is 418 g/mol. The Kier molecular flexibility index (Phi) is 5.19. The number of hydrogen-bond donors (Lipinski definition) is 1. The van der Waals surface area contributed by atoms with E-state index in [9.17, 15) is 9.59 Å². The van der Waals surface area contributed by atoms with Crippen LogP contribution in [-0.2, 0) is 4.74 Å². The van der Waals surface area contributed by atoms with Crippen molar-refractivity contribution < 1.29 is 14.3 Å². The van der Waals surface area contributed by atoms with Gasteiger partial charge in [-0.1, -0.05) is 18.2 Å². The molecule has 1 unspecified atom stereocenters. The third-order valence-corrected chi connectivity index (χ3v) is 6.29. The minimum atomic E-state index is -0.0758. The van der Waals surface area contributed by atoms with Crippen LogP contribution in [0.1, 0.15) is 51.0 Å². The summed E-state index contributed by atoms with van der Waals surface area (Å²) >= 11 is 0. The van der Waals surface area contributed by atoms with Crippen LogP contribution in [0.25, 0.3) is 10.9 Å². The summed E-state index contributed by atoms with van der Waals surface area (Å²) in [4.78, 5) is 37.8. The number of H-pyrrole nitrogens is 1. The zero-order valence-corrected chi connectivity index (χ0v) is 17.6. The van der Waals surface area contributed by atoms with E-state index >= 15 is 0 Å². The molecule has 2 amide bonds. The Morgan fingerprint density at radius 2 is 1.87 bits per heavy atom. The van der Waals surface area contributed by atoms with Crippen LogP contribution in [-0.4, -0.2) is 64.4 Å². The largest absolute Gasteiger partial charge is 0.378 e. The van der Waals surface area contributed by atoms with Gasteiger partial charge in [-0.3, -0.25) is 14.6 Å². The molecular formula is C24H26N4O3. The van der Waals surface area contributed by atoms with E-state index in [2.05, 4.69) is 9.97 Å². The monoisotopic (exact) mass is 418 g/mol. The molecule has 2 aliphatic heterocycles. The van der Waals surface area contributed by atoms with Gasteiger partial charge in [0.15, 0.2) is 0 Å². The number of para-hydroxylation sites is 1. The molecule has 0 spiro atoms. The Balaban J connectivity index is 1.38. The highest BCUT2D eigenvalue weighted by Gasteiger charge is 2.33. The number of morpholine rings is 1. The van der Waals surface area contributed by atoms with Crippen molar-refractivity contribution in [3.05, 3.63) is 65.1 Å². The van der Waals surface area contributed by atoms with Crippen LogP contribution in [0.15, 0.2) is 42.6 Å². The van der Waals surface area contributed by atoms with Gasteiger partial charge in [0.1, 0.15) is 0 Å². The fourth-order valence-corrected chi connectivity index (χ4v) is 4.69. The summed E-state index contributed by atoms with van der Waals surface area (Å²) in [7, 11) is 0. The molecule has 2 aliphatic rings. The van der Waals surface area contributed by atoms with Gasteiger partial charge in [0, 0.05) is 42.4 Å². The van der Waals surface area contributed by atoms with Gasteiger partial charge >= 0.3 is 0 Å². The van der Waals surface area contributed by atoms with E-state index < -0.39 is 0 Å². The number of ether oxygens (including phenoxy) is 1. The van der Waals surface area contributed by atoms with Crippen molar-refractivity contribution in [2.45, 2.75) is 25.8 Å². The van der Waals surface area contributed by atoms with E-state index in [4.69, 9.17) is 4.74 Å². The molecule has 1 N–H and O–H groups in total. The first-order valence-corrected chi connectivity index (χ1v) is 10.8. The van der Waals surface area contributed by atoms with E-state index in [0.717, 1.165) is 40.7 Å². The number of aromatic nitrogens is 2. The fraction of sp³-hybridized carbons (Fsp3) is 0.375. The summed E-state index contributed by atoms with van der Waals surface area (Å²) in [5.74, 6) is 0.0174. The lowest BCUT2D eigenvalue weighted by molar-refractivity contribution is 0.0302. The molecule has 0 saturated carbocycles. The predicted molar refractivity (Wildman–Crippen MR) is 117 cm³/mol. The second-order valence-electron chi connectivity index (χ2n) is 8.20. The standard InChI is InChI=1S/C24H26N4O3/c1-16-22(18-5-2-3-6-19(18)26-16)24(30)28-10-4-7-21(28)20-9-8-17(15-25-20)23(29)27-11-13-31-14-12-27/h2-3,5-6,8-9,15,21,26H,4,7,10-14H2,1H3. The molecule has 3 aromatic rings. The topological polar surface area (TPSA) is 78.5 Å². The van der Waals surface area contributed by atoms with Crippen molar-refractivity contribution >= 4 is 22.7 Å². The van der Waals surface area contributed by atoms with Gasteiger partial charge < -0.3 is 19.5 Å². The van der Waals surface area contributed by atoms with Crippen molar-refractivity contribution in [2.24, 2.45) is 0 Å². The molecule has 7 heteroatoms. The highest BCUT2D eigenvalue weighted by molar-refractivity contribution is 6.08. The number of benzene rings is 1. The van der Waals surface area contributed by atoms with Gasteiger partial charge in [-0.25, -0.2) is 0 Å². The summed E-state index contributed by atoms with van der Waals surface area (Å²) in [5.41, 5.74) is 4.01. The number of carbonyl (C=O) groups is 2. The molecule has 2 aromatic heterocycles. The predicted octanol–water partition coefficient (Wildman–Crippen LogP) is 3.32. The summed E-state index contributed by atoms with van der Waals surface area (Å²) in [6.45, 7) is 5.01. The highest BCUT2D eigenvalue weighted by atomic mass is 16.5. The van der Waals surface area contributed by atoms with Gasteiger partial charge in [-0.15, -0.1) is 0 Å². The zero-order chi connectivity index (χ0) is 21.4. The van der Waals surface area contributed by atoms with Crippen molar-refractivity contribution in [3.8, 4) is 0 Å². The first-order chi connectivity index (χ1) is 15.1. The van der Waals surface area contributed by atoms with Gasteiger partial charge in [-0.2, -0.15) is 0 Å². The van der Waals surface area contributed by atoms with Gasteiger partial charge in [-0.05, 0) is 38.0 Å². The molecule has 0 aliphatic carbocycles. The van der Waals surface area contributed by atoms with Crippen molar-refractivity contribution in [2.75, 3.05) is 32.8 Å². The van der Waals surface area contributed by atoms with Crippen LogP contribution < -0.4 is 0 Å². The number of nitrogens with one attached hydrogen (secondary N) is 1. The third kappa shape index (κ3) is 3.59. The maximum atomic E-state index is 13.5. The number of aromatic amines is 1. The average Bonchev–Trinajstić information content (AvgIpc) is 3.43.